The molecule has 3 aromatic rings. The van der Waals surface area contributed by atoms with Crippen LogP contribution in [0.1, 0.15) is 61.3 Å². The van der Waals surface area contributed by atoms with E-state index in [1.807, 2.05) is 45.0 Å². The number of benzene rings is 3. The summed E-state index contributed by atoms with van der Waals surface area (Å²) in [6.45, 7) is 7.97. The number of aromatic hydroxyl groups is 1. The van der Waals surface area contributed by atoms with Crippen molar-refractivity contribution in [1.82, 2.24) is 4.90 Å². The molecule has 212 valence electrons. The Balaban J connectivity index is 1.46. The number of piperazine rings is 1. The van der Waals surface area contributed by atoms with Gasteiger partial charge >= 0.3 is 6.09 Å². The number of phenolic OH excluding ortho intramolecular Hbond substituents is 1. The number of aryl methyl sites for hydroxylation is 1. The number of hydrogen-bond donors (Lipinski definition) is 1. The van der Waals surface area contributed by atoms with Crippen LogP contribution in [0.15, 0.2) is 54.6 Å². The van der Waals surface area contributed by atoms with Crippen molar-refractivity contribution in [3.63, 3.8) is 0 Å². The number of rotatable bonds is 4. The lowest BCUT2D eigenvalue weighted by Gasteiger charge is -2.38. The molecule has 0 radical (unpaired) electrons. The maximum atomic E-state index is 15.1. The zero-order chi connectivity index (χ0) is 28.6. The van der Waals surface area contributed by atoms with Gasteiger partial charge < -0.3 is 24.4 Å². The topological polar surface area (TPSA) is 62.2 Å². The largest absolute Gasteiger partial charge is 0.508 e. The standard InChI is InChI=1S/C32H36F2N2O4/c1-32(2,3)40-31(38)36-15-13-35(14-16-36)22-7-11-27(29(19-22)39-4)30-24-12-8-23(37)17-20(24)5-9-26(30)25-10-6-21(33)18-28(25)34/h6-8,10-12,17-19,26,30,37H,5,9,13-16H2,1-4H3/t26-,30-/m1/s1. The minimum absolute atomic E-state index is 0.191. The lowest BCUT2D eigenvalue weighted by atomic mass is 9.69. The van der Waals surface area contributed by atoms with Crippen LogP contribution in [0.3, 0.4) is 0 Å². The molecule has 3 aromatic carbocycles. The van der Waals surface area contributed by atoms with E-state index in [-0.39, 0.29) is 23.7 Å². The van der Waals surface area contributed by atoms with Crippen LogP contribution >= 0.6 is 0 Å². The second kappa shape index (κ2) is 11.0. The van der Waals surface area contributed by atoms with E-state index < -0.39 is 17.2 Å². The van der Waals surface area contributed by atoms with Crippen molar-refractivity contribution in [2.45, 2.75) is 51.0 Å². The second-order valence-electron chi connectivity index (χ2n) is 11.6. The molecule has 1 saturated heterocycles. The molecule has 40 heavy (non-hydrogen) atoms. The molecule has 1 amide bonds. The number of fused-ring (bicyclic) bond motifs is 1. The summed E-state index contributed by atoms with van der Waals surface area (Å²) in [5.41, 5.74) is 3.80. The third-order valence-electron chi connectivity index (χ3n) is 7.80. The highest BCUT2D eigenvalue weighted by Gasteiger charge is 2.36. The summed E-state index contributed by atoms with van der Waals surface area (Å²) in [5, 5.41) is 10.1. The quantitative estimate of drug-likeness (QED) is 0.397. The summed E-state index contributed by atoms with van der Waals surface area (Å²) in [4.78, 5) is 16.4. The molecular weight excluding hydrogens is 514 g/mol. The molecule has 1 N–H and O–H groups in total. The lowest BCUT2D eigenvalue weighted by Crippen LogP contribution is -2.50. The number of carbonyl (C=O) groups excluding carboxylic acids is 1. The van der Waals surface area contributed by atoms with E-state index in [0.717, 1.165) is 28.4 Å². The number of hydrogen-bond acceptors (Lipinski definition) is 5. The summed E-state index contributed by atoms with van der Waals surface area (Å²) in [6.07, 6.45) is 1.01. The normalized spacial score (nSPS) is 19.2. The van der Waals surface area contributed by atoms with Gasteiger partial charge in [-0.3, -0.25) is 0 Å². The Bertz CT molecular complexity index is 1400. The van der Waals surface area contributed by atoms with Crippen molar-refractivity contribution >= 4 is 11.8 Å². The minimum Gasteiger partial charge on any atom is -0.508 e. The Morgan fingerprint density at radius 2 is 1.62 bits per heavy atom. The van der Waals surface area contributed by atoms with E-state index >= 15 is 4.39 Å². The molecule has 1 aliphatic carbocycles. The molecule has 6 nitrogen and oxygen atoms in total. The van der Waals surface area contributed by atoms with Crippen LogP contribution in [-0.2, 0) is 11.2 Å². The third kappa shape index (κ3) is 5.71. The highest BCUT2D eigenvalue weighted by molar-refractivity contribution is 5.69. The predicted molar refractivity (Wildman–Crippen MR) is 150 cm³/mol. The van der Waals surface area contributed by atoms with Gasteiger partial charge in [0.25, 0.3) is 0 Å². The first-order valence-corrected chi connectivity index (χ1v) is 13.7. The number of phenols is 1. The Labute approximate surface area is 234 Å². The first-order valence-electron chi connectivity index (χ1n) is 13.7. The van der Waals surface area contributed by atoms with E-state index in [4.69, 9.17) is 9.47 Å². The predicted octanol–water partition coefficient (Wildman–Crippen LogP) is 6.60. The Morgan fingerprint density at radius 3 is 2.30 bits per heavy atom. The van der Waals surface area contributed by atoms with Crippen molar-refractivity contribution in [3.05, 3.63) is 88.5 Å². The van der Waals surface area contributed by atoms with Gasteiger partial charge in [-0.15, -0.1) is 0 Å². The zero-order valence-corrected chi connectivity index (χ0v) is 23.4. The smallest absolute Gasteiger partial charge is 0.410 e. The van der Waals surface area contributed by atoms with Gasteiger partial charge in [-0.2, -0.15) is 0 Å². The van der Waals surface area contributed by atoms with Gasteiger partial charge in [0.15, 0.2) is 0 Å². The molecule has 1 aliphatic heterocycles. The molecule has 0 aromatic heterocycles. The molecule has 1 fully saturated rings. The van der Waals surface area contributed by atoms with Gasteiger partial charge in [0.1, 0.15) is 28.7 Å². The summed E-state index contributed by atoms with van der Waals surface area (Å²) >= 11 is 0. The fourth-order valence-corrected chi connectivity index (χ4v) is 5.96. The lowest BCUT2D eigenvalue weighted by molar-refractivity contribution is 0.0240. The van der Waals surface area contributed by atoms with Crippen molar-refractivity contribution < 1.29 is 28.2 Å². The van der Waals surface area contributed by atoms with E-state index in [1.165, 1.54) is 6.07 Å². The fourth-order valence-electron chi connectivity index (χ4n) is 5.96. The van der Waals surface area contributed by atoms with Gasteiger partial charge in [-0.1, -0.05) is 18.2 Å². The Kier molecular flexibility index (Phi) is 7.62. The molecule has 0 unspecified atom stereocenters. The van der Waals surface area contributed by atoms with Crippen LogP contribution in [0.5, 0.6) is 11.5 Å². The molecule has 8 heteroatoms. The van der Waals surface area contributed by atoms with E-state index in [2.05, 4.69) is 4.90 Å². The summed E-state index contributed by atoms with van der Waals surface area (Å²) in [5.74, 6) is -0.794. The van der Waals surface area contributed by atoms with Crippen molar-refractivity contribution in [2.75, 3.05) is 38.2 Å². The van der Waals surface area contributed by atoms with Crippen molar-refractivity contribution in [2.24, 2.45) is 0 Å². The number of nitrogens with zero attached hydrogens (tertiary/aromatic N) is 2. The van der Waals surface area contributed by atoms with Crippen LogP contribution < -0.4 is 9.64 Å². The van der Waals surface area contributed by atoms with Crippen LogP contribution in [0.4, 0.5) is 19.3 Å². The molecule has 2 aliphatic rings. The molecule has 0 bridgehead atoms. The Hall–Kier alpha value is -3.81. The SMILES string of the molecule is COc1cc(N2CCN(C(=O)OC(C)(C)C)CC2)ccc1[C@@H]1c2ccc(O)cc2CC[C@@H]1c1ccc(F)cc1F. The van der Waals surface area contributed by atoms with Crippen LogP contribution in [0, 0.1) is 11.6 Å². The van der Waals surface area contributed by atoms with Gasteiger partial charge in [-0.25, -0.2) is 13.6 Å². The maximum absolute atomic E-state index is 15.1. The summed E-state index contributed by atoms with van der Waals surface area (Å²) in [6, 6.07) is 15.2. The van der Waals surface area contributed by atoms with Gasteiger partial charge in [0, 0.05) is 55.5 Å². The third-order valence-corrected chi connectivity index (χ3v) is 7.80. The average molecular weight is 551 g/mol. The fraction of sp³-hybridized carbons (Fsp3) is 0.406. The second-order valence-corrected chi connectivity index (χ2v) is 11.6. The highest BCUT2D eigenvalue weighted by Crippen LogP contribution is 2.50. The highest BCUT2D eigenvalue weighted by atomic mass is 19.1. The number of anilines is 1. The average Bonchev–Trinajstić information content (AvgIpc) is 2.91. The van der Waals surface area contributed by atoms with Crippen molar-refractivity contribution in [3.8, 4) is 11.5 Å². The molecule has 2 atom stereocenters. The van der Waals surface area contributed by atoms with Gasteiger partial charge in [0.2, 0.25) is 0 Å². The van der Waals surface area contributed by atoms with Crippen LogP contribution in [0.2, 0.25) is 0 Å². The number of amides is 1. The van der Waals surface area contributed by atoms with Crippen molar-refractivity contribution in [1.29, 1.82) is 0 Å². The summed E-state index contributed by atoms with van der Waals surface area (Å²) in [7, 11) is 1.62. The molecule has 5 rings (SSSR count). The monoisotopic (exact) mass is 550 g/mol. The van der Waals surface area contributed by atoms with E-state index in [1.54, 1.807) is 30.2 Å². The maximum Gasteiger partial charge on any atom is 0.410 e. The molecule has 0 spiro atoms. The van der Waals surface area contributed by atoms with E-state index in [0.29, 0.717) is 50.3 Å². The zero-order valence-electron chi connectivity index (χ0n) is 23.4. The summed E-state index contributed by atoms with van der Waals surface area (Å²) < 4.78 is 40.3. The number of carbonyl (C=O) groups is 1. The number of halogens is 2. The molecule has 0 saturated carbocycles. The first kappa shape index (κ1) is 27.7. The number of methoxy groups -OCH3 is 1. The van der Waals surface area contributed by atoms with Gasteiger partial charge in [0.05, 0.1) is 7.11 Å². The van der Waals surface area contributed by atoms with Crippen LogP contribution in [0.25, 0.3) is 0 Å². The first-order chi connectivity index (χ1) is 19.0. The Morgan fingerprint density at radius 1 is 0.925 bits per heavy atom. The minimum atomic E-state index is -0.604. The number of ether oxygens (including phenoxy) is 2. The van der Waals surface area contributed by atoms with Crippen LogP contribution in [-0.4, -0.2) is 55.0 Å². The van der Waals surface area contributed by atoms with E-state index in [9.17, 15) is 14.3 Å². The molecule has 1 heterocycles. The van der Waals surface area contributed by atoms with Gasteiger partial charge in [-0.05, 0) is 80.5 Å². The molecular formula is C32H36F2N2O4.